The molecule has 136 valence electrons. The van der Waals surface area contributed by atoms with Crippen molar-refractivity contribution in [3.05, 3.63) is 71.8 Å². The Morgan fingerprint density at radius 3 is 1.96 bits per heavy atom. The van der Waals surface area contributed by atoms with Gasteiger partial charge in [-0.05, 0) is 31.2 Å². The van der Waals surface area contributed by atoms with Gasteiger partial charge in [0.05, 0.1) is 17.2 Å². The van der Waals surface area contributed by atoms with E-state index in [1.807, 2.05) is 0 Å². The van der Waals surface area contributed by atoms with Crippen LogP contribution in [0, 0.1) is 0 Å². The molecule has 0 saturated carbocycles. The third-order valence-corrected chi connectivity index (χ3v) is 4.10. The topological polar surface area (TPSA) is 82.1 Å². The zero-order chi connectivity index (χ0) is 18.5. The predicted molar refractivity (Wildman–Crippen MR) is 92.5 cm³/mol. The van der Waals surface area contributed by atoms with Crippen LogP contribution in [0.5, 0.6) is 0 Å². The molecule has 0 amide bonds. The van der Waals surface area contributed by atoms with Crippen molar-refractivity contribution in [1.29, 1.82) is 0 Å². The van der Waals surface area contributed by atoms with Gasteiger partial charge >= 0.3 is 11.9 Å². The second-order valence-electron chi connectivity index (χ2n) is 6.12. The van der Waals surface area contributed by atoms with Gasteiger partial charge in [0.2, 0.25) is 0 Å². The van der Waals surface area contributed by atoms with Crippen molar-refractivity contribution >= 4 is 11.9 Å². The van der Waals surface area contributed by atoms with Crippen LogP contribution in [0.4, 0.5) is 0 Å². The molecule has 0 unspecified atom stereocenters. The summed E-state index contributed by atoms with van der Waals surface area (Å²) in [7, 11) is 0. The van der Waals surface area contributed by atoms with Crippen LogP contribution in [0.15, 0.2) is 60.7 Å². The Morgan fingerprint density at radius 2 is 1.42 bits per heavy atom. The van der Waals surface area contributed by atoms with Gasteiger partial charge in [-0.1, -0.05) is 36.4 Å². The molecule has 0 aliphatic carbocycles. The van der Waals surface area contributed by atoms with Gasteiger partial charge < -0.3 is 19.3 Å². The van der Waals surface area contributed by atoms with Crippen LogP contribution in [-0.2, 0) is 14.2 Å². The summed E-state index contributed by atoms with van der Waals surface area (Å²) in [6.07, 6.45) is -3.33. The number of aliphatic hydroxyl groups is 1. The molecule has 1 saturated heterocycles. The van der Waals surface area contributed by atoms with Crippen molar-refractivity contribution in [3.63, 3.8) is 0 Å². The van der Waals surface area contributed by atoms with Crippen molar-refractivity contribution < 1.29 is 28.9 Å². The van der Waals surface area contributed by atoms with E-state index in [4.69, 9.17) is 14.2 Å². The average molecular weight is 356 g/mol. The van der Waals surface area contributed by atoms with Crippen LogP contribution in [0.25, 0.3) is 0 Å². The van der Waals surface area contributed by atoms with Crippen LogP contribution in [0.2, 0.25) is 0 Å². The van der Waals surface area contributed by atoms with Crippen molar-refractivity contribution in [3.8, 4) is 0 Å². The first kappa shape index (κ1) is 18.1. The first-order chi connectivity index (χ1) is 12.5. The Balaban J connectivity index is 1.74. The Kier molecular flexibility index (Phi) is 5.65. The quantitative estimate of drug-likeness (QED) is 0.848. The molecule has 0 bridgehead atoms. The van der Waals surface area contributed by atoms with Crippen LogP contribution in [0.1, 0.15) is 34.1 Å². The summed E-state index contributed by atoms with van der Waals surface area (Å²) in [6, 6.07) is 16.9. The Morgan fingerprint density at radius 1 is 0.923 bits per heavy atom. The van der Waals surface area contributed by atoms with Crippen LogP contribution >= 0.6 is 0 Å². The molecule has 0 aromatic heterocycles. The average Bonchev–Trinajstić information content (AvgIpc) is 2.65. The van der Waals surface area contributed by atoms with E-state index in [9.17, 15) is 14.7 Å². The molecule has 1 heterocycles. The Hall–Kier alpha value is -2.70. The van der Waals surface area contributed by atoms with Gasteiger partial charge in [-0.3, -0.25) is 0 Å². The van der Waals surface area contributed by atoms with Crippen molar-refractivity contribution in [2.75, 3.05) is 0 Å². The lowest BCUT2D eigenvalue weighted by molar-refractivity contribution is -0.242. The molecule has 6 heteroatoms. The second-order valence-corrected chi connectivity index (χ2v) is 6.12. The standard InChI is InChI=1S/C20H20O6/c1-13-12-16(25-18(21)14-8-4-2-5-9-14)17(20(23)24-13)26-19(22)15-10-6-3-7-11-15/h2-11,13,16-17,20,23H,12H2,1H3/t13-,16+,17+,20+/m1/s1. The maximum Gasteiger partial charge on any atom is 0.338 e. The first-order valence-corrected chi connectivity index (χ1v) is 8.40. The van der Waals surface area contributed by atoms with Gasteiger partial charge in [-0.25, -0.2) is 9.59 Å². The van der Waals surface area contributed by atoms with Crippen LogP contribution in [-0.4, -0.2) is 41.6 Å². The normalized spacial score (nSPS) is 25.3. The summed E-state index contributed by atoms with van der Waals surface area (Å²) in [4.78, 5) is 24.7. The minimum Gasteiger partial charge on any atom is -0.455 e. The number of ether oxygens (including phenoxy) is 3. The SMILES string of the molecule is C[C@@H]1C[C@H](OC(=O)c2ccccc2)[C@H](OC(=O)c2ccccc2)[C@@H](O)O1. The number of carbonyl (C=O) groups is 2. The zero-order valence-corrected chi connectivity index (χ0v) is 14.3. The van der Waals surface area contributed by atoms with E-state index in [0.29, 0.717) is 17.5 Å². The number of esters is 2. The summed E-state index contributed by atoms with van der Waals surface area (Å²) in [5.74, 6) is -1.16. The van der Waals surface area contributed by atoms with Gasteiger partial charge in [-0.2, -0.15) is 0 Å². The lowest BCUT2D eigenvalue weighted by Gasteiger charge is -2.37. The molecule has 1 N–H and O–H groups in total. The smallest absolute Gasteiger partial charge is 0.338 e. The van der Waals surface area contributed by atoms with E-state index in [-0.39, 0.29) is 6.10 Å². The fraction of sp³-hybridized carbons (Fsp3) is 0.300. The maximum atomic E-state index is 12.3. The third kappa shape index (κ3) is 4.28. The third-order valence-electron chi connectivity index (χ3n) is 4.10. The van der Waals surface area contributed by atoms with E-state index in [0.717, 1.165) is 0 Å². The molecule has 0 radical (unpaired) electrons. The van der Waals surface area contributed by atoms with E-state index >= 15 is 0 Å². The summed E-state index contributed by atoms with van der Waals surface area (Å²) in [5.41, 5.74) is 0.723. The highest BCUT2D eigenvalue weighted by molar-refractivity contribution is 5.90. The minimum absolute atomic E-state index is 0.308. The lowest BCUT2D eigenvalue weighted by atomic mass is 10.0. The number of carbonyl (C=O) groups excluding carboxylic acids is 2. The van der Waals surface area contributed by atoms with Gasteiger partial charge in [0.25, 0.3) is 0 Å². The number of rotatable bonds is 4. The molecule has 1 fully saturated rings. The fourth-order valence-corrected chi connectivity index (χ4v) is 2.81. The molecular formula is C20H20O6. The van der Waals surface area contributed by atoms with Crippen LogP contribution in [0.3, 0.4) is 0 Å². The summed E-state index contributed by atoms with van der Waals surface area (Å²) in [6.45, 7) is 1.75. The van der Waals surface area contributed by atoms with Gasteiger partial charge in [0.15, 0.2) is 12.4 Å². The molecule has 4 atom stereocenters. The number of hydrogen-bond acceptors (Lipinski definition) is 6. The highest BCUT2D eigenvalue weighted by Crippen LogP contribution is 2.25. The van der Waals surface area contributed by atoms with E-state index < -0.39 is 30.4 Å². The minimum atomic E-state index is -1.38. The van der Waals surface area contributed by atoms with Crippen molar-refractivity contribution in [1.82, 2.24) is 0 Å². The highest BCUT2D eigenvalue weighted by atomic mass is 16.7. The maximum absolute atomic E-state index is 12.3. The Labute approximate surface area is 151 Å². The van der Waals surface area contributed by atoms with E-state index in [1.54, 1.807) is 67.6 Å². The predicted octanol–water partition coefficient (Wildman–Crippen LogP) is 2.56. The van der Waals surface area contributed by atoms with Crippen molar-refractivity contribution in [2.45, 2.75) is 37.9 Å². The van der Waals surface area contributed by atoms with Gasteiger partial charge in [0, 0.05) is 6.42 Å². The molecule has 1 aliphatic rings. The Bertz CT molecular complexity index is 745. The van der Waals surface area contributed by atoms with Gasteiger partial charge in [0.1, 0.15) is 6.10 Å². The molecular weight excluding hydrogens is 336 g/mol. The first-order valence-electron chi connectivity index (χ1n) is 8.40. The fourth-order valence-electron chi connectivity index (χ4n) is 2.81. The van der Waals surface area contributed by atoms with Gasteiger partial charge in [-0.15, -0.1) is 0 Å². The number of hydrogen-bond donors (Lipinski definition) is 1. The molecule has 26 heavy (non-hydrogen) atoms. The monoisotopic (exact) mass is 356 g/mol. The largest absolute Gasteiger partial charge is 0.455 e. The zero-order valence-electron chi connectivity index (χ0n) is 14.3. The molecule has 2 aromatic carbocycles. The summed E-state index contributed by atoms with van der Waals surface area (Å²) >= 11 is 0. The highest BCUT2D eigenvalue weighted by Gasteiger charge is 2.42. The number of benzene rings is 2. The molecule has 0 spiro atoms. The lowest BCUT2D eigenvalue weighted by Crippen LogP contribution is -2.51. The van der Waals surface area contributed by atoms with E-state index in [2.05, 4.69) is 0 Å². The second kappa shape index (κ2) is 8.12. The molecule has 1 aliphatic heterocycles. The van der Waals surface area contributed by atoms with Crippen molar-refractivity contribution in [2.24, 2.45) is 0 Å². The molecule has 3 rings (SSSR count). The summed E-state index contributed by atoms with van der Waals surface area (Å²) in [5, 5.41) is 10.2. The van der Waals surface area contributed by atoms with E-state index in [1.165, 1.54) is 0 Å². The number of aliphatic hydroxyl groups excluding tert-OH is 1. The van der Waals surface area contributed by atoms with Crippen LogP contribution < -0.4 is 0 Å². The molecule has 6 nitrogen and oxygen atoms in total. The molecule has 2 aromatic rings. The summed E-state index contributed by atoms with van der Waals surface area (Å²) < 4.78 is 16.2.